The van der Waals surface area contributed by atoms with E-state index in [1.165, 1.54) is 16.0 Å². The number of hydrogen-bond donors (Lipinski definition) is 0. The van der Waals surface area contributed by atoms with Gasteiger partial charge in [-0.2, -0.15) is 0 Å². The van der Waals surface area contributed by atoms with Gasteiger partial charge in [0.2, 0.25) is 11.8 Å². The van der Waals surface area contributed by atoms with Crippen molar-refractivity contribution >= 4 is 28.8 Å². The highest BCUT2D eigenvalue weighted by Gasteiger charge is 2.36. The van der Waals surface area contributed by atoms with Crippen LogP contribution in [0.3, 0.4) is 0 Å². The summed E-state index contributed by atoms with van der Waals surface area (Å²) in [6.45, 7) is 5.25. The summed E-state index contributed by atoms with van der Waals surface area (Å²) in [5.41, 5.74) is 3.34. The average Bonchev–Trinajstić information content (AvgIpc) is 3.20. The van der Waals surface area contributed by atoms with Crippen LogP contribution in [-0.4, -0.2) is 30.3 Å². The summed E-state index contributed by atoms with van der Waals surface area (Å²) in [6, 6.07) is 10.1. The maximum atomic E-state index is 12.8. The summed E-state index contributed by atoms with van der Waals surface area (Å²) in [7, 11) is 1.82. The summed E-state index contributed by atoms with van der Waals surface area (Å²) < 4.78 is 0. The number of rotatable bonds is 5. The Kier molecular flexibility index (Phi) is 5.23. The summed E-state index contributed by atoms with van der Waals surface area (Å²) in [4.78, 5) is 29.8. The zero-order valence-corrected chi connectivity index (χ0v) is 15.8. The molecule has 1 aromatic carbocycles. The van der Waals surface area contributed by atoms with E-state index in [0.29, 0.717) is 19.5 Å². The van der Waals surface area contributed by atoms with Gasteiger partial charge in [-0.15, -0.1) is 11.3 Å². The molecule has 2 heterocycles. The number of aryl methyl sites for hydroxylation is 2. The van der Waals surface area contributed by atoms with E-state index in [1.54, 1.807) is 21.1 Å². The number of hydrogen-bond acceptors (Lipinski definition) is 3. The Morgan fingerprint density at radius 2 is 2.00 bits per heavy atom. The third-order valence-electron chi connectivity index (χ3n) is 4.86. The molecule has 0 saturated carbocycles. The van der Waals surface area contributed by atoms with E-state index in [4.69, 9.17) is 0 Å². The van der Waals surface area contributed by atoms with Crippen molar-refractivity contribution in [3.05, 3.63) is 51.7 Å². The van der Waals surface area contributed by atoms with E-state index in [1.807, 2.05) is 36.7 Å². The van der Waals surface area contributed by atoms with Crippen molar-refractivity contribution in [2.24, 2.45) is 5.92 Å². The second-order valence-electron chi connectivity index (χ2n) is 6.65. The Hall–Kier alpha value is -2.14. The van der Waals surface area contributed by atoms with E-state index in [9.17, 15) is 9.59 Å². The van der Waals surface area contributed by atoms with Gasteiger partial charge >= 0.3 is 0 Å². The van der Waals surface area contributed by atoms with Crippen LogP contribution in [0.4, 0.5) is 5.69 Å². The maximum absolute atomic E-state index is 12.8. The first-order valence-corrected chi connectivity index (χ1v) is 9.54. The van der Waals surface area contributed by atoms with Gasteiger partial charge in [0.1, 0.15) is 0 Å². The molecule has 4 nitrogen and oxygen atoms in total. The summed E-state index contributed by atoms with van der Waals surface area (Å²) in [5.74, 6) is -0.180. The first kappa shape index (κ1) is 17.7. The van der Waals surface area contributed by atoms with Gasteiger partial charge in [-0.1, -0.05) is 19.1 Å². The molecule has 1 fully saturated rings. The molecule has 2 aromatic rings. The second kappa shape index (κ2) is 7.40. The number of nitrogens with zero attached hydrogens (tertiary/aromatic N) is 2. The van der Waals surface area contributed by atoms with Crippen molar-refractivity contribution in [2.45, 2.75) is 33.2 Å². The fourth-order valence-corrected chi connectivity index (χ4v) is 4.16. The topological polar surface area (TPSA) is 40.6 Å². The lowest BCUT2D eigenvalue weighted by Gasteiger charge is -2.21. The molecule has 0 radical (unpaired) electrons. The minimum Gasteiger partial charge on any atom is -0.340 e. The van der Waals surface area contributed by atoms with E-state index < -0.39 is 0 Å². The van der Waals surface area contributed by atoms with Gasteiger partial charge in [-0.3, -0.25) is 9.59 Å². The number of thiophene rings is 1. The molecule has 5 heteroatoms. The molecule has 0 bridgehead atoms. The van der Waals surface area contributed by atoms with Crippen LogP contribution < -0.4 is 4.90 Å². The number of anilines is 1. The van der Waals surface area contributed by atoms with E-state index in [0.717, 1.165) is 12.1 Å². The van der Waals surface area contributed by atoms with Gasteiger partial charge in [0, 0.05) is 30.6 Å². The monoisotopic (exact) mass is 356 g/mol. The van der Waals surface area contributed by atoms with Crippen LogP contribution in [0, 0.1) is 12.8 Å². The summed E-state index contributed by atoms with van der Waals surface area (Å²) >= 11 is 1.67. The van der Waals surface area contributed by atoms with Crippen LogP contribution in [0.2, 0.25) is 0 Å². The fourth-order valence-electron chi connectivity index (χ4n) is 3.21. The van der Waals surface area contributed by atoms with Gasteiger partial charge in [0.15, 0.2) is 0 Å². The average molecular weight is 356 g/mol. The Bertz CT molecular complexity index is 766. The predicted molar refractivity (Wildman–Crippen MR) is 102 cm³/mol. The van der Waals surface area contributed by atoms with E-state index >= 15 is 0 Å². The number of carbonyl (C=O) groups excluding carboxylic acids is 2. The highest BCUT2D eigenvalue weighted by molar-refractivity contribution is 7.10. The van der Waals surface area contributed by atoms with Crippen LogP contribution in [0.5, 0.6) is 0 Å². The Labute approximate surface area is 153 Å². The normalized spacial score (nSPS) is 17.2. The van der Waals surface area contributed by atoms with Crippen LogP contribution in [0.25, 0.3) is 0 Å². The van der Waals surface area contributed by atoms with E-state index in [2.05, 4.69) is 19.9 Å². The van der Waals surface area contributed by atoms with Crippen LogP contribution in [0.15, 0.2) is 35.7 Å². The Morgan fingerprint density at radius 3 is 2.60 bits per heavy atom. The lowest BCUT2D eigenvalue weighted by atomic mass is 10.1. The standard InChI is InChI=1S/C20H24N2O2S/c1-4-15-5-7-17(8-6-15)22-12-16(11-19(22)23)20(24)21(3)13-18-14(2)9-10-25-18/h5-10,16H,4,11-13H2,1-3H3/t16-/m1/s1. The minimum absolute atomic E-state index is 0.0308. The smallest absolute Gasteiger partial charge is 0.228 e. The fraction of sp³-hybridized carbons (Fsp3) is 0.400. The molecule has 1 aromatic heterocycles. The Morgan fingerprint density at radius 1 is 1.28 bits per heavy atom. The third-order valence-corrected chi connectivity index (χ3v) is 5.86. The van der Waals surface area contributed by atoms with Crippen LogP contribution in [0.1, 0.15) is 29.3 Å². The van der Waals surface area contributed by atoms with Crippen molar-refractivity contribution in [3.8, 4) is 0 Å². The first-order valence-electron chi connectivity index (χ1n) is 8.66. The van der Waals surface area contributed by atoms with Gasteiger partial charge < -0.3 is 9.80 Å². The molecule has 0 N–H and O–H groups in total. The molecule has 1 aliphatic heterocycles. The molecule has 25 heavy (non-hydrogen) atoms. The number of carbonyl (C=O) groups is 2. The third kappa shape index (κ3) is 3.76. The van der Waals surface area contributed by atoms with Gasteiger partial charge in [-0.05, 0) is 48.1 Å². The lowest BCUT2D eigenvalue weighted by molar-refractivity contribution is -0.135. The molecule has 3 rings (SSSR count). The largest absolute Gasteiger partial charge is 0.340 e. The van der Waals surface area contributed by atoms with Gasteiger partial charge in [-0.25, -0.2) is 0 Å². The van der Waals surface area contributed by atoms with Crippen molar-refractivity contribution in [1.82, 2.24) is 4.90 Å². The van der Waals surface area contributed by atoms with Crippen molar-refractivity contribution in [3.63, 3.8) is 0 Å². The molecular weight excluding hydrogens is 332 g/mol. The number of benzene rings is 1. The van der Waals surface area contributed by atoms with Crippen LogP contribution >= 0.6 is 11.3 Å². The van der Waals surface area contributed by atoms with E-state index in [-0.39, 0.29) is 17.7 Å². The maximum Gasteiger partial charge on any atom is 0.228 e. The molecule has 1 saturated heterocycles. The van der Waals surface area contributed by atoms with Gasteiger partial charge in [0.05, 0.1) is 12.5 Å². The zero-order chi connectivity index (χ0) is 18.0. The summed E-state index contributed by atoms with van der Waals surface area (Å²) in [6.07, 6.45) is 1.27. The Balaban J connectivity index is 1.66. The van der Waals surface area contributed by atoms with Gasteiger partial charge in [0.25, 0.3) is 0 Å². The first-order chi connectivity index (χ1) is 12.0. The molecule has 132 valence electrons. The zero-order valence-electron chi connectivity index (χ0n) is 15.0. The SMILES string of the molecule is CCc1ccc(N2C[C@H](C(=O)N(C)Cc3sccc3C)CC2=O)cc1. The molecule has 1 aliphatic rings. The minimum atomic E-state index is -0.261. The highest BCUT2D eigenvalue weighted by atomic mass is 32.1. The highest BCUT2D eigenvalue weighted by Crippen LogP contribution is 2.27. The van der Waals surface area contributed by atoms with Crippen molar-refractivity contribution < 1.29 is 9.59 Å². The summed E-state index contributed by atoms with van der Waals surface area (Å²) in [5, 5.41) is 2.05. The molecule has 1 atom stereocenters. The lowest BCUT2D eigenvalue weighted by Crippen LogP contribution is -2.34. The number of amides is 2. The van der Waals surface area contributed by atoms with Crippen LogP contribution in [-0.2, 0) is 22.6 Å². The molecule has 0 spiro atoms. The van der Waals surface area contributed by atoms with Crippen molar-refractivity contribution in [2.75, 3.05) is 18.5 Å². The quantitative estimate of drug-likeness (QED) is 0.821. The molecular formula is C20H24N2O2S. The second-order valence-corrected chi connectivity index (χ2v) is 7.65. The molecule has 0 aliphatic carbocycles. The predicted octanol–water partition coefficient (Wildman–Crippen LogP) is 3.63. The molecule has 0 unspecified atom stereocenters. The van der Waals surface area contributed by atoms with Crippen molar-refractivity contribution in [1.29, 1.82) is 0 Å². The molecule has 2 amide bonds.